The van der Waals surface area contributed by atoms with Crippen molar-refractivity contribution in [2.24, 2.45) is 0 Å². The van der Waals surface area contributed by atoms with Crippen LogP contribution in [0, 0.1) is 5.82 Å². The maximum Gasteiger partial charge on any atom is 0.322 e. The predicted molar refractivity (Wildman–Crippen MR) is 83.0 cm³/mol. The smallest absolute Gasteiger partial charge is 0.321 e. The Kier molecular flexibility index (Phi) is 4.81. The van der Waals surface area contributed by atoms with E-state index in [0.29, 0.717) is 0 Å². The number of amides is 2. The third kappa shape index (κ3) is 3.73. The van der Waals surface area contributed by atoms with E-state index in [0.717, 1.165) is 11.6 Å². The summed E-state index contributed by atoms with van der Waals surface area (Å²) in [6.45, 7) is 1.91. The lowest BCUT2D eigenvalue weighted by Crippen LogP contribution is -2.33. The molecule has 0 aliphatic carbocycles. The van der Waals surface area contributed by atoms with E-state index >= 15 is 0 Å². The summed E-state index contributed by atoms with van der Waals surface area (Å²) in [5.74, 6) is -0.559. The van der Waals surface area contributed by atoms with E-state index in [2.05, 4.69) is 5.32 Å². The van der Waals surface area contributed by atoms with Gasteiger partial charge in [0.05, 0.1) is 11.7 Å². The maximum atomic E-state index is 13.7. The van der Waals surface area contributed by atoms with Crippen LogP contribution in [0.25, 0.3) is 0 Å². The largest absolute Gasteiger partial charge is 0.322 e. The number of anilines is 1. The zero-order chi connectivity index (χ0) is 15.4. The number of carbonyl (C=O) groups is 1. The molecular weight excluding hydrogens is 291 g/mol. The fraction of sp³-hybridized carbons (Fsp3) is 0.188. The van der Waals surface area contributed by atoms with E-state index in [1.54, 1.807) is 7.05 Å². The molecule has 5 heteroatoms. The molecular formula is C16H16ClFN2O. The Balaban J connectivity index is 2.09. The topological polar surface area (TPSA) is 32.3 Å². The Morgan fingerprint density at radius 1 is 1.24 bits per heavy atom. The summed E-state index contributed by atoms with van der Waals surface area (Å²) in [4.78, 5) is 13.7. The van der Waals surface area contributed by atoms with E-state index in [9.17, 15) is 9.18 Å². The number of nitrogens with one attached hydrogen (secondary N) is 1. The van der Waals surface area contributed by atoms with Crippen LogP contribution in [0.2, 0.25) is 5.02 Å². The second-order valence-corrected chi connectivity index (χ2v) is 5.19. The molecule has 110 valence electrons. The van der Waals surface area contributed by atoms with Gasteiger partial charge in [-0.25, -0.2) is 9.18 Å². The van der Waals surface area contributed by atoms with Crippen LogP contribution in [0.15, 0.2) is 48.5 Å². The molecule has 2 aromatic rings. The molecule has 1 unspecified atom stereocenters. The number of carbonyl (C=O) groups excluding carboxylic acids is 1. The van der Waals surface area contributed by atoms with E-state index < -0.39 is 5.82 Å². The van der Waals surface area contributed by atoms with Crippen LogP contribution < -0.4 is 5.32 Å². The predicted octanol–water partition coefficient (Wildman–Crippen LogP) is 4.70. The lowest BCUT2D eigenvalue weighted by atomic mass is 10.1. The van der Waals surface area contributed by atoms with Crippen molar-refractivity contribution in [1.29, 1.82) is 0 Å². The Morgan fingerprint density at radius 3 is 2.52 bits per heavy atom. The van der Waals surface area contributed by atoms with E-state index in [4.69, 9.17) is 11.6 Å². The van der Waals surface area contributed by atoms with Gasteiger partial charge < -0.3 is 10.2 Å². The van der Waals surface area contributed by atoms with Crippen LogP contribution in [0.1, 0.15) is 18.5 Å². The van der Waals surface area contributed by atoms with Gasteiger partial charge in [-0.3, -0.25) is 0 Å². The molecule has 0 bridgehead atoms. The molecule has 0 aromatic heterocycles. The van der Waals surface area contributed by atoms with Gasteiger partial charge in [0, 0.05) is 12.1 Å². The standard InChI is InChI=1S/C16H16ClFN2O/c1-11(12-6-4-3-5-7-12)20(2)16(21)19-15-9-8-13(17)10-14(15)18/h3-11H,1-2H3,(H,19,21). The number of urea groups is 1. The van der Waals surface area contributed by atoms with Gasteiger partial charge in [0.2, 0.25) is 0 Å². The van der Waals surface area contributed by atoms with Crippen molar-refractivity contribution in [2.75, 3.05) is 12.4 Å². The van der Waals surface area contributed by atoms with E-state index in [1.165, 1.54) is 17.0 Å². The van der Waals surface area contributed by atoms with Crippen LogP contribution in [0.3, 0.4) is 0 Å². The molecule has 0 saturated heterocycles. The third-order valence-corrected chi connectivity index (χ3v) is 3.59. The van der Waals surface area contributed by atoms with Crippen molar-refractivity contribution in [1.82, 2.24) is 4.90 Å². The Morgan fingerprint density at radius 2 is 1.90 bits per heavy atom. The zero-order valence-corrected chi connectivity index (χ0v) is 12.6. The van der Waals surface area contributed by atoms with E-state index in [-0.39, 0.29) is 22.8 Å². The van der Waals surface area contributed by atoms with Crippen LogP contribution >= 0.6 is 11.6 Å². The molecule has 0 saturated carbocycles. The second kappa shape index (κ2) is 6.59. The molecule has 1 N–H and O–H groups in total. The molecule has 0 aliphatic rings. The van der Waals surface area contributed by atoms with Gasteiger partial charge in [-0.1, -0.05) is 41.9 Å². The fourth-order valence-corrected chi connectivity index (χ4v) is 2.08. The first-order chi connectivity index (χ1) is 9.99. The van der Waals surface area contributed by atoms with Crippen LogP contribution in [-0.4, -0.2) is 18.0 Å². The molecule has 3 nitrogen and oxygen atoms in total. The molecule has 2 rings (SSSR count). The van der Waals surface area contributed by atoms with Gasteiger partial charge in [0.1, 0.15) is 5.82 Å². The van der Waals surface area contributed by atoms with Gasteiger partial charge in [0.25, 0.3) is 0 Å². The van der Waals surface area contributed by atoms with Crippen LogP contribution in [-0.2, 0) is 0 Å². The monoisotopic (exact) mass is 306 g/mol. The number of hydrogen-bond acceptors (Lipinski definition) is 1. The number of halogens is 2. The average Bonchev–Trinajstić information content (AvgIpc) is 2.49. The minimum atomic E-state index is -0.559. The Labute approximate surface area is 128 Å². The molecule has 0 fully saturated rings. The van der Waals surface area contributed by atoms with Crippen molar-refractivity contribution < 1.29 is 9.18 Å². The van der Waals surface area contributed by atoms with Crippen LogP contribution in [0.4, 0.5) is 14.9 Å². The SMILES string of the molecule is CC(c1ccccc1)N(C)C(=O)Nc1ccc(Cl)cc1F. The Hall–Kier alpha value is -2.07. The summed E-state index contributed by atoms with van der Waals surface area (Å²) in [5.41, 5.74) is 1.11. The van der Waals surface area contributed by atoms with Crippen molar-refractivity contribution >= 4 is 23.3 Å². The summed E-state index contributed by atoms with van der Waals surface area (Å²) in [6, 6.07) is 13.3. The summed E-state index contributed by atoms with van der Waals surface area (Å²) >= 11 is 5.68. The Bertz CT molecular complexity index is 633. The average molecular weight is 307 g/mol. The van der Waals surface area contributed by atoms with E-state index in [1.807, 2.05) is 37.3 Å². The molecule has 2 amide bonds. The highest BCUT2D eigenvalue weighted by molar-refractivity contribution is 6.30. The van der Waals surface area contributed by atoms with Crippen LogP contribution in [0.5, 0.6) is 0 Å². The lowest BCUT2D eigenvalue weighted by Gasteiger charge is -2.25. The third-order valence-electron chi connectivity index (χ3n) is 3.36. The van der Waals surface area contributed by atoms with Gasteiger partial charge in [0.15, 0.2) is 0 Å². The molecule has 2 aromatic carbocycles. The highest BCUT2D eigenvalue weighted by Gasteiger charge is 2.18. The summed E-state index contributed by atoms with van der Waals surface area (Å²) in [5, 5.41) is 2.83. The highest BCUT2D eigenvalue weighted by Crippen LogP contribution is 2.22. The second-order valence-electron chi connectivity index (χ2n) is 4.75. The number of rotatable bonds is 3. The number of benzene rings is 2. The molecule has 0 heterocycles. The lowest BCUT2D eigenvalue weighted by molar-refractivity contribution is 0.208. The van der Waals surface area contributed by atoms with Crippen molar-refractivity contribution in [3.8, 4) is 0 Å². The van der Waals surface area contributed by atoms with Gasteiger partial charge >= 0.3 is 6.03 Å². The first kappa shape index (κ1) is 15.3. The summed E-state index contributed by atoms with van der Waals surface area (Å²) in [7, 11) is 1.67. The van der Waals surface area contributed by atoms with Crippen molar-refractivity contribution in [3.63, 3.8) is 0 Å². The molecule has 0 spiro atoms. The quantitative estimate of drug-likeness (QED) is 0.875. The fourth-order valence-electron chi connectivity index (χ4n) is 1.93. The molecule has 21 heavy (non-hydrogen) atoms. The minimum Gasteiger partial charge on any atom is -0.321 e. The molecule has 0 radical (unpaired) electrons. The van der Waals surface area contributed by atoms with Gasteiger partial charge in [-0.15, -0.1) is 0 Å². The van der Waals surface area contributed by atoms with Gasteiger partial charge in [-0.2, -0.15) is 0 Å². The number of hydrogen-bond donors (Lipinski definition) is 1. The normalized spacial score (nSPS) is 11.8. The maximum absolute atomic E-state index is 13.7. The highest BCUT2D eigenvalue weighted by atomic mass is 35.5. The first-order valence-electron chi connectivity index (χ1n) is 6.53. The van der Waals surface area contributed by atoms with Crippen molar-refractivity contribution in [2.45, 2.75) is 13.0 Å². The van der Waals surface area contributed by atoms with Gasteiger partial charge in [-0.05, 0) is 30.7 Å². The minimum absolute atomic E-state index is 0.108. The summed E-state index contributed by atoms with van der Waals surface area (Å²) in [6.07, 6.45) is 0. The molecule has 1 atom stereocenters. The molecule has 0 aliphatic heterocycles. The first-order valence-corrected chi connectivity index (χ1v) is 6.90. The summed E-state index contributed by atoms with van der Waals surface area (Å²) < 4.78 is 13.7. The zero-order valence-electron chi connectivity index (χ0n) is 11.8. The number of nitrogens with zero attached hydrogens (tertiary/aromatic N) is 1. The van der Waals surface area contributed by atoms with Crippen molar-refractivity contribution in [3.05, 3.63) is 64.9 Å².